The van der Waals surface area contributed by atoms with Gasteiger partial charge in [0.05, 0.1) is 5.02 Å². The number of carbonyl (C=O) groups excluding carboxylic acids is 1. The molecule has 6 heteroatoms. The third-order valence-corrected chi connectivity index (χ3v) is 3.29. The molecule has 21 heavy (non-hydrogen) atoms. The minimum absolute atomic E-state index is 0.270. The largest absolute Gasteiger partial charge is 0.324 e. The first-order valence-electron chi connectivity index (χ1n) is 6.55. The SMILES string of the molecule is CNC(C)c1ccc(NC(=O)Nc2ccc(Cl)cn2)cc1. The standard InChI is InChI=1S/C15H17ClN4O/c1-10(17-2)11-3-6-13(7-4-11)19-15(21)20-14-8-5-12(16)9-18-14/h3-10,17H,1-2H3,(H2,18,19,20,21). The maximum atomic E-state index is 11.8. The summed E-state index contributed by atoms with van der Waals surface area (Å²) >= 11 is 5.73. The maximum absolute atomic E-state index is 11.8. The van der Waals surface area contributed by atoms with E-state index >= 15 is 0 Å². The molecule has 0 aliphatic rings. The van der Waals surface area contributed by atoms with Crippen molar-refractivity contribution < 1.29 is 4.79 Å². The summed E-state index contributed by atoms with van der Waals surface area (Å²) in [4.78, 5) is 15.8. The van der Waals surface area contributed by atoms with Gasteiger partial charge in [0, 0.05) is 17.9 Å². The van der Waals surface area contributed by atoms with Gasteiger partial charge < -0.3 is 10.6 Å². The molecule has 0 spiro atoms. The third-order valence-electron chi connectivity index (χ3n) is 3.07. The van der Waals surface area contributed by atoms with Gasteiger partial charge in [0.1, 0.15) is 5.82 Å². The molecule has 0 aliphatic heterocycles. The van der Waals surface area contributed by atoms with Crippen molar-refractivity contribution in [3.05, 3.63) is 53.2 Å². The molecule has 2 rings (SSSR count). The van der Waals surface area contributed by atoms with E-state index in [1.54, 1.807) is 12.1 Å². The fourth-order valence-corrected chi connectivity index (χ4v) is 1.86. The van der Waals surface area contributed by atoms with Gasteiger partial charge in [-0.1, -0.05) is 23.7 Å². The number of halogens is 1. The van der Waals surface area contributed by atoms with Crippen LogP contribution in [-0.4, -0.2) is 18.1 Å². The van der Waals surface area contributed by atoms with Crippen molar-refractivity contribution >= 4 is 29.1 Å². The summed E-state index contributed by atoms with van der Waals surface area (Å²) in [5.41, 5.74) is 1.87. The van der Waals surface area contributed by atoms with Gasteiger partial charge in [0.25, 0.3) is 0 Å². The van der Waals surface area contributed by atoms with Gasteiger partial charge in [0.2, 0.25) is 0 Å². The zero-order valence-electron chi connectivity index (χ0n) is 11.9. The van der Waals surface area contributed by atoms with E-state index in [9.17, 15) is 4.79 Å². The van der Waals surface area contributed by atoms with Crippen molar-refractivity contribution in [3.8, 4) is 0 Å². The van der Waals surface area contributed by atoms with E-state index in [1.165, 1.54) is 6.20 Å². The molecule has 1 heterocycles. The van der Waals surface area contributed by atoms with Crippen molar-refractivity contribution in [1.29, 1.82) is 0 Å². The summed E-state index contributed by atoms with van der Waals surface area (Å²) in [7, 11) is 1.91. The number of nitrogens with zero attached hydrogens (tertiary/aromatic N) is 1. The van der Waals surface area contributed by atoms with E-state index in [0.717, 1.165) is 5.56 Å². The number of pyridine rings is 1. The second-order valence-electron chi connectivity index (χ2n) is 4.57. The van der Waals surface area contributed by atoms with E-state index in [4.69, 9.17) is 11.6 Å². The Morgan fingerprint density at radius 3 is 2.43 bits per heavy atom. The predicted octanol–water partition coefficient (Wildman–Crippen LogP) is 3.66. The number of benzene rings is 1. The zero-order valence-corrected chi connectivity index (χ0v) is 12.6. The molecule has 0 aliphatic carbocycles. The summed E-state index contributed by atoms with van der Waals surface area (Å²) in [5, 5.41) is 9.06. The lowest BCUT2D eigenvalue weighted by Crippen LogP contribution is -2.20. The molecule has 0 saturated carbocycles. The molecule has 1 unspecified atom stereocenters. The van der Waals surface area contributed by atoms with Crippen molar-refractivity contribution in [1.82, 2.24) is 10.3 Å². The fourth-order valence-electron chi connectivity index (χ4n) is 1.75. The molecule has 0 radical (unpaired) electrons. The van der Waals surface area contributed by atoms with E-state index in [0.29, 0.717) is 16.5 Å². The molecular weight excluding hydrogens is 288 g/mol. The van der Waals surface area contributed by atoms with Gasteiger partial charge >= 0.3 is 6.03 Å². The second kappa shape index (κ2) is 7.06. The van der Waals surface area contributed by atoms with Crippen LogP contribution in [0.4, 0.5) is 16.3 Å². The number of carbonyl (C=O) groups is 1. The van der Waals surface area contributed by atoms with Crippen LogP contribution in [0.5, 0.6) is 0 Å². The first-order chi connectivity index (χ1) is 10.1. The van der Waals surface area contributed by atoms with Crippen LogP contribution in [0.1, 0.15) is 18.5 Å². The lowest BCUT2D eigenvalue weighted by atomic mass is 10.1. The van der Waals surface area contributed by atoms with Crippen molar-refractivity contribution in [2.45, 2.75) is 13.0 Å². The maximum Gasteiger partial charge on any atom is 0.324 e. The minimum atomic E-state index is -0.348. The number of aromatic nitrogens is 1. The molecule has 2 aromatic rings. The normalized spacial score (nSPS) is 11.8. The minimum Gasteiger partial charge on any atom is -0.313 e. The Labute approximate surface area is 128 Å². The van der Waals surface area contributed by atoms with E-state index in [-0.39, 0.29) is 12.1 Å². The summed E-state index contributed by atoms with van der Waals surface area (Å²) < 4.78 is 0. The van der Waals surface area contributed by atoms with Gasteiger partial charge in [-0.15, -0.1) is 0 Å². The lowest BCUT2D eigenvalue weighted by Gasteiger charge is -2.12. The van der Waals surface area contributed by atoms with Gasteiger partial charge in [-0.3, -0.25) is 5.32 Å². The van der Waals surface area contributed by atoms with Crippen LogP contribution in [0.3, 0.4) is 0 Å². The number of urea groups is 1. The molecule has 0 saturated heterocycles. The molecule has 3 N–H and O–H groups in total. The van der Waals surface area contributed by atoms with Crippen LogP contribution >= 0.6 is 11.6 Å². The number of rotatable bonds is 4. The Morgan fingerprint density at radius 2 is 1.86 bits per heavy atom. The molecule has 0 bridgehead atoms. The van der Waals surface area contributed by atoms with Crippen LogP contribution in [0, 0.1) is 0 Å². The highest BCUT2D eigenvalue weighted by molar-refractivity contribution is 6.30. The monoisotopic (exact) mass is 304 g/mol. The van der Waals surface area contributed by atoms with Crippen molar-refractivity contribution in [2.24, 2.45) is 0 Å². The topological polar surface area (TPSA) is 66.0 Å². The fraction of sp³-hybridized carbons (Fsp3) is 0.200. The molecular formula is C15H17ClN4O. The number of nitrogens with one attached hydrogen (secondary N) is 3. The quantitative estimate of drug-likeness (QED) is 0.807. The molecule has 0 fully saturated rings. The third kappa shape index (κ3) is 4.44. The predicted molar refractivity (Wildman–Crippen MR) is 85.8 cm³/mol. The zero-order chi connectivity index (χ0) is 15.2. The average Bonchev–Trinajstić information content (AvgIpc) is 2.49. The highest BCUT2D eigenvalue weighted by Gasteiger charge is 2.05. The summed E-state index contributed by atoms with van der Waals surface area (Å²) in [6.07, 6.45) is 1.48. The van der Waals surface area contributed by atoms with Gasteiger partial charge in [-0.05, 0) is 43.8 Å². The highest BCUT2D eigenvalue weighted by atomic mass is 35.5. The number of anilines is 2. The van der Waals surface area contributed by atoms with E-state index in [2.05, 4.69) is 27.9 Å². The number of hydrogen-bond donors (Lipinski definition) is 3. The van der Waals surface area contributed by atoms with E-state index < -0.39 is 0 Å². The van der Waals surface area contributed by atoms with Crippen molar-refractivity contribution in [2.75, 3.05) is 17.7 Å². The number of amides is 2. The Bertz CT molecular complexity index is 598. The van der Waals surface area contributed by atoms with Crippen LogP contribution < -0.4 is 16.0 Å². The highest BCUT2D eigenvalue weighted by Crippen LogP contribution is 2.16. The first-order valence-corrected chi connectivity index (χ1v) is 6.93. The molecule has 5 nitrogen and oxygen atoms in total. The van der Waals surface area contributed by atoms with Gasteiger partial charge in [-0.25, -0.2) is 9.78 Å². The van der Waals surface area contributed by atoms with Gasteiger partial charge in [0.15, 0.2) is 0 Å². The molecule has 110 valence electrons. The molecule has 1 aromatic heterocycles. The number of hydrogen-bond acceptors (Lipinski definition) is 3. The van der Waals surface area contributed by atoms with Crippen LogP contribution in [0.15, 0.2) is 42.6 Å². The first kappa shape index (κ1) is 15.3. The summed E-state index contributed by atoms with van der Waals surface area (Å²) in [6.45, 7) is 2.07. The lowest BCUT2D eigenvalue weighted by molar-refractivity contribution is 0.262. The Hall–Kier alpha value is -2.11. The smallest absolute Gasteiger partial charge is 0.313 e. The second-order valence-corrected chi connectivity index (χ2v) is 5.01. The van der Waals surface area contributed by atoms with Crippen molar-refractivity contribution in [3.63, 3.8) is 0 Å². The van der Waals surface area contributed by atoms with Crippen LogP contribution in [0.25, 0.3) is 0 Å². The van der Waals surface area contributed by atoms with Gasteiger partial charge in [-0.2, -0.15) is 0 Å². The molecule has 1 atom stereocenters. The Morgan fingerprint density at radius 1 is 1.14 bits per heavy atom. The van der Waals surface area contributed by atoms with Crippen LogP contribution in [-0.2, 0) is 0 Å². The summed E-state index contributed by atoms with van der Waals surface area (Å²) in [6, 6.07) is 10.9. The summed E-state index contributed by atoms with van der Waals surface area (Å²) in [5.74, 6) is 0.442. The Kier molecular flexibility index (Phi) is 5.14. The molecule has 1 aromatic carbocycles. The molecule has 2 amide bonds. The average molecular weight is 305 g/mol. The van der Waals surface area contributed by atoms with E-state index in [1.807, 2.05) is 31.3 Å². The van der Waals surface area contributed by atoms with Crippen LogP contribution in [0.2, 0.25) is 5.02 Å². The Balaban J connectivity index is 1.94.